The van der Waals surface area contributed by atoms with Gasteiger partial charge in [0.1, 0.15) is 0 Å². The fourth-order valence-corrected chi connectivity index (χ4v) is 2.10. The summed E-state index contributed by atoms with van der Waals surface area (Å²) in [7, 11) is 0. The minimum Gasteiger partial charge on any atom is -0.462 e. The largest absolute Gasteiger partial charge is 0.462 e. The van der Waals surface area contributed by atoms with Gasteiger partial charge in [0.15, 0.2) is 0 Å². The standard InChI is InChI=1S/C15H23FO4/c1-12(2)14(18)19-11-7-3-4-8-13(17)20-15(16)9-5-6-10-15/h1,3-11H2,2H3. The lowest BCUT2D eigenvalue weighted by molar-refractivity contribution is -0.180. The van der Waals surface area contributed by atoms with Crippen molar-refractivity contribution < 1.29 is 23.5 Å². The Hall–Kier alpha value is -1.39. The van der Waals surface area contributed by atoms with Gasteiger partial charge in [-0.05, 0) is 39.0 Å². The molecular formula is C15H23FO4. The number of rotatable bonds is 8. The summed E-state index contributed by atoms with van der Waals surface area (Å²) in [6.07, 6.45) is 4.41. The monoisotopic (exact) mass is 286 g/mol. The summed E-state index contributed by atoms with van der Waals surface area (Å²) in [6, 6.07) is 0. The Kier molecular flexibility index (Phi) is 6.68. The van der Waals surface area contributed by atoms with Crippen LogP contribution in [-0.4, -0.2) is 24.4 Å². The van der Waals surface area contributed by atoms with E-state index in [0.29, 0.717) is 37.9 Å². The van der Waals surface area contributed by atoms with Crippen LogP contribution in [-0.2, 0) is 19.1 Å². The van der Waals surface area contributed by atoms with Crippen molar-refractivity contribution in [1.29, 1.82) is 0 Å². The lowest BCUT2D eigenvalue weighted by atomic mass is 10.2. The Morgan fingerprint density at radius 2 is 1.85 bits per heavy atom. The first-order valence-corrected chi connectivity index (χ1v) is 7.16. The first kappa shape index (κ1) is 16.7. The van der Waals surface area contributed by atoms with E-state index in [1.165, 1.54) is 0 Å². The predicted molar refractivity (Wildman–Crippen MR) is 72.6 cm³/mol. The van der Waals surface area contributed by atoms with Crippen LogP contribution in [0.5, 0.6) is 0 Å². The van der Waals surface area contributed by atoms with Gasteiger partial charge in [-0.3, -0.25) is 4.79 Å². The summed E-state index contributed by atoms with van der Waals surface area (Å²) in [4.78, 5) is 22.6. The van der Waals surface area contributed by atoms with E-state index in [9.17, 15) is 14.0 Å². The van der Waals surface area contributed by atoms with Crippen LogP contribution in [0.15, 0.2) is 12.2 Å². The quantitative estimate of drug-likeness (QED) is 0.389. The molecule has 1 saturated carbocycles. The van der Waals surface area contributed by atoms with Gasteiger partial charge < -0.3 is 9.47 Å². The van der Waals surface area contributed by atoms with E-state index in [0.717, 1.165) is 19.3 Å². The van der Waals surface area contributed by atoms with Gasteiger partial charge >= 0.3 is 11.9 Å². The highest BCUT2D eigenvalue weighted by atomic mass is 19.2. The zero-order valence-corrected chi connectivity index (χ0v) is 12.1. The molecule has 5 heteroatoms. The van der Waals surface area contributed by atoms with Gasteiger partial charge in [0.2, 0.25) is 0 Å². The molecule has 0 spiro atoms. The van der Waals surface area contributed by atoms with Crippen LogP contribution < -0.4 is 0 Å². The molecule has 0 aliphatic heterocycles. The Labute approximate surface area is 119 Å². The molecule has 0 aromatic heterocycles. The van der Waals surface area contributed by atoms with E-state index in [-0.39, 0.29) is 6.42 Å². The first-order chi connectivity index (χ1) is 9.43. The Balaban J connectivity index is 2.02. The normalized spacial score (nSPS) is 16.7. The minimum atomic E-state index is -1.73. The van der Waals surface area contributed by atoms with Gasteiger partial charge in [-0.15, -0.1) is 0 Å². The highest BCUT2D eigenvalue weighted by Crippen LogP contribution is 2.34. The minimum absolute atomic E-state index is 0.208. The van der Waals surface area contributed by atoms with Gasteiger partial charge in [0, 0.05) is 24.8 Å². The number of esters is 2. The SMILES string of the molecule is C=C(C)C(=O)OCCCCCC(=O)OC1(F)CCCC1. The topological polar surface area (TPSA) is 52.6 Å². The molecule has 0 bridgehead atoms. The zero-order valence-electron chi connectivity index (χ0n) is 12.1. The second-order valence-corrected chi connectivity index (χ2v) is 5.29. The summed E-state index contributed by atoms with van der Waals surface area (Å²) in [6.45, 7) is 5.38. The van der Waals surface area contributed by atoms with Gasteiger partial charge in [0.05, 0.1) is 6.61 Å². The molecule has 0 saturated heterocycles. The number of ether oxygens (including phenoxy) is 2. The average Bonchev–Trinajstić information content (AvgIpc) is 2.79. The van der Waals surface area contributed by atoms with Crippen LogP contribution in [0.25, 0.3) is 0 Å². The average molecular weight is 286 g/mol. The van der Waals surface area contributed by atoms with E-state index < -0.39 is 17.8 Å². The highest BCUT2D eigenvalue weighted by molar-refractivity contribution is 5.86. The molecule has 0 N–H and O–H groups in total. The summed E-state index contributed by atoms with van der Waals surface area (Å²) in [5.41, 5.74) is 0.374. The van der Waals surface area contributed by atoms with Crippen LogP contribution in [0.4, 0.5) is 4.39 Å². The van der Waals surface area contributed by atoms with Crippen LogP contribution in [0, 0.1) is 0 Å². The summed E-state index contributed by atoms with van der Waals surface area (Å²) in [5, 5.41) is 0. The summed E-state index contributed by atoms with van der Waals surface area (Å²) < 4.78 is 23.6. The zero-order chi connectivity index (χ0) is 15.0. The fraction of sp³-hybridized carbons (Fsp3) is 0.733. The van der Waals surface area contributed by atoms with Crippen molar-refractivity contribution in [1.82, 2.24) is 0 Å². The second-order valence-electron chi connectivity index (χ2n) is 5.29. The molecule has 1 rings (SSSR count). The number of hydrogen-bond acceptors (Lipinski definition) is 4. The molecule has 1 aliphatic rings. The molecular weight excluding hydrogens is 263 g/mol. The lowest BCUT2D eigenvalue weighted by Gasteiger charge is -2.19. The van der Waals surface area contributed by atoms with Crippen LogP contribution in [0.3, 0.4) is 0 Å². The van der Waals surface area contributed by atoms with Crippen molar-refractivity contribution >= 4 is 11.9 Å². The molecule has 0 unspecified atom stereocenters. The highest BCUT2D eigenvalue weighted by Gasteiger charge is 2.37. The van der Waals surface area contributed by atoms with Crippen molar-refractivity contribution in [3.8, 4) is 0 Å². The van der Waals surface area contributed by atoms with E-state index in [1.807, 2.05) is 0 Å². The third kappa shape index (κ3) is 6.17. The van der Waals surface area contributed by atoms with Gasteiger partial charge in [-0.25, -0.2) is 4.79 Å². The predicted octanol–water partition coefficient (Wildman–Crippen LogP) is 3.45. The number of carbonyl (C=O) groups excluding carboxylic acids is 2. The smallest absolute Gasteiger partial charge is 0.333 e. The van der Waals surface area contributed by atoms with Crippen molar-refractivity contribution in [3.63, 3.8) is 0 Å². The summed E-state index contributed by atoms with van der Waals surface area (Å²) >= 11 is 0. The first-order valence-electron chi connectivity index (χ1n) is 7.16. The summed E-state index contributed by atoms with van der Waals surface area (Å²) in [5.74, 6) is -2.60. The number of hydrogen-bond donors (Lipinski definition) is 0. The number of unbranched alkanes of at least 4 members (excludes halogenated alkanes) is 2. The maximum atomic E-state index is 13.8. The molecule has 1 aliphatic carbocycles. The van der Waals surface area contributed by atoms with Gasteiger partial charge in [0.25, 0.3) is 5.85 Å². The van der Waals surface area contributed by atoms with Crippen LogP contribution >= 0.6 is 0 Å². The second kappa shape index (κ2) is 8.02. The Morgan fingerprint density at radius 1 is 1.20 bits per heavy atom. The molecule has 0 aromatic carbocycles. The van der Waals surface area contributed by atoms with E-state index in [1.54, 1.807) is 6.92 Å². The molecule has 0 amide bonds. The molecule has 0 aromatic rings. The third-order valence-corrected chi connectivity index (χ3v) is 3.25. The number of halogens is 1. The Morgan fingerprint density at radius 3 is 2.45 bits per heavy atom. The number of alkyl halides is 1. The van der Waals surface area contributed by atoms with E-state index >= 15 is 0 Å². The van der Waals surface area contributed by atoms with Crippen LogP contribution in [0.2, 0.25) is 0 Å². The van der Waals surface area contributed by atoms with Gasteiger partial charge in [-0.1, -0.05) is 6.58 Å². The Bertz CT molecular complexity index is 359. The van der Waals surface area contributed by atoms with Crippen molar-refractivity contribution in [2.24, 2.45) is 0 Å². The van der Waals surface area contributed by atoms with Crippen molar-refractivity contribution in [3.05, 3.63) is 12.2 Å². The maximum Gasteiger partial charge on any atom is 0.333 e. The van der Waals surface area contributed by atoms with Crippen LogP contribution in [0.1, 0.15) is 58.3 Å². The molecule has 20 heavy (non-hydrogen) atoms. The van der Waals surface area contributed by atoms with E-state index in [4.69, 9.17) is 9.47 Å². The molecule has 0 atom stereocenters. The molecule has 114 valence electrons. The lowest BCUT2D eigenvalue weighted by Crippen LogP contribution is -2.26. The third-order valence-electron chi connectivity index (χ3n) is 3.25. The number of carbonyl (C=O) groups is 2. The van der Waals surface area contributed by atoms with Crippen molar-refractivity contribution in [2.45, 2.75) is 64.1 Å². The van der Waals surface area contributed by atoms with Gasteiger partial charge in [-0.2, -0.15) is 4.39 Å². The molecule has 4 nitrogen and oxygen atoms in total. The maximum absolute atomic E-state index is 13.8. The van der Waals surface area contributed by atoms with Crippen molar-refractivity contribution in [2.75, 3.05) is 6.61 Å². The molecule has 0 heterocycles. The fourth-order valence-electron chi connectivity index (χ4n) is 2.10. The van der Waals surface area contributed by atoms with E-state index in [2.05, 4.69) is 6.58 Å². The molecule has 0 radical (unpaired) electrons. The molecule has 1 fully saturated rings.